The molecule has 0 aliphatic heterocycles. The lowest BCUT2D eigenvalue weighted by molar-refractivity contribution is -0.104. The first-order chi connectivity index (χ1) is 11.3. The van der Waals surface area contributed by atoms with E-state index in [0.29, 0.717) is 17.6 Å². The zero-order valence-electron chi connectivity index (χ0n) is 14.9. The summed E-state index contributed by atoms with van der Waals surface area (Å²) in [6, 6.07) is 6.54. The number of hydrogen-bond acceptors (Lipinski definition) is 2. The van der Waals surface area contributed by atoms with Crippen LogP contribution in [0.25, 0.3) is 5.57 Å². The number of benzene rings is 1. The van der Waals surface area contributed by atoms with Gasteiger partial charge in [0.15, 0.2) is 0 Å². The van der Waals surface area contributed by atoms with Crippen molar-refractivity contribution in [3.05, 3.63) is 58.2 Å². The molecule has 0 radical (unpaired) electrons. The first-order valence-electron chi connectivity index (χ1n) is 8.54. The van der Waals surface area contributed by atoms with Crippen molar-refractivity contribution in [3.63, 3.8) is 0 Å². The van der Waals surface area contributed by atoms with Crippen LogP contribution in [0.1, 0.15) is 63.6 Å². The van der Waals surface area contributed by atoms with Crippen LogP contribution >= 0.6 is 0 Å². The van der Waals surface area contributed by atoms with Crippen LogP contribution in [0.4, 0.5) is 0 Å². The molecule has 0 saturated carbocycles. The molecule has 0 amide bonds. The molecule has 2 aliphatic carbocycles. The highest BCUT2D eigenvalue weighted by Crippen LogP contribution is 2.46. The van der Waals surface area contributed by atoms with Crippen molar-refractivity contribution in [2.24, 2.45) is 0 Å². The van der Waals surface area contributed by atoms with Gasteiger partial charge in [-0.1, -0.05) is 52.0 Å². The van der Waals surface area contributed by atoms with E-state index in [0.717, 1.165) is 23.8 Å². The molecule has 0 fully saturated rings. The molecule has 124 valence electrons. The van der Waals surface area contributed by atoms with Crippen molar-refractivity contribution >= 4 is 17.8 Å². The number of aldehydes is 1. The van der Waals surface area contributed by atoms with Gasteiger partial charge in [-0.05, 0) is 52.0 Å². The Morgan fingerprint density at radius 3 is 2.29 bits per heavy atom. The average Bonchev–Trinajstić information content (AvgIpc) is 2.58. The van der Waals surface area contributed by atoms with Crippen LogP contribution in [0.3, 0.4) is 0 Å². The number of hydrogen-bond donors (Lipinski definition) is 0. The van der Waals surface area contributed by atoms with Crippen molar-refractivity contribution in [3.8, 4) is 0 Å². The number of carbonyl (C=O) groups is 1. The first kappa shape index (κ1) is 16.7. The summed E-state index contributed by atoms with van der Waals surface area (Å²) in [7, 11) is 0. The van der Waals surface area contributed by atoms with Gasteiger partial charge in [-0.15, -0.1) is 0 Å². The Hall–Kier alpha value is -2.18. The monoisotopic (exact) mass is 320 g/mol. The second-order valence-corrected chi connectivity index (χ2v) is 8.22. The van der Waals surface area contributed by atoms with Gasteiger partial charge in [-0.3, -0.25) is 4.79 Å². The van der Waals surface area contributed by atoms with Gasteiger partial charge in [-0.2, -0.15) is 0 Å². The normalized spacial score (nSPS) is 21.2. The van der Waals surface area contributed by atoms with E-state index < -0.39 is 0 Å². The zero-order valence-corrected chi connectivity index (χ0v) is 14.9. The molecule has 0 atom stereocenters. The van der Waals surface area contributed by atoms with Crippen molar-refractivity contribution < 1.29 is 9.59 Å². The fourth-order valence-corrected chi connectivity index (χ4v) is 3.87. The van der Waals surface area contributed by atoms with Crippen LogP contribution in [0.15, 0.2) is 41.5 Å². The predicted molar refractivity (Wildman–Crippen MR) is 97.7 cm³/mol. The highest BCUT2D eigenvalue weighted by Gasteiger charge is 2.37. The van der Waals surface area contributed by atoms with Crippen molar-refractivity contribution in [1.82, 2.24) is 0 Å². The van der Waals surface area contributed by atoms with E-state index in [1.807, 2.05) is 5.94 Å². The topological polar surface area (TPSA) is 34.1 Å². The van der Waals surface area contributed by atoms with Gasteiger partial charge in [0.05, 0.1) is 0 Å². The standard InChI is InChI=1S/C22H24O2/c1-21(2)9-10-22(3,4)20-12-16(7-8-19(20)21)18-11-15(13-23)5-6-17(18)14-24/h5-8,12,14H,9-11H2,1-4H3. The predicted octanol–water partition coefficient (Wildman–Crippen LogP) is 4.71. The van der Waals surface area contributed by atoms with Gasteiger partial charge in [-0.25, -0.2) is 4.79 Å². The molecule has 0 spiro atoms. The lowest BCUT2D eigenvalue weighted by Gasteiger charge is -2.42. The summed E-state index contributed by atoms with van der Waals surface area (Å²) in [6.45, 7) is 9.18. The molecule has 3 rings (SSSR count). The van der Waals surface area contributed by atoms with Gasteiger partial charge in [0.25, 0.3) is 0 Å². The Balaban J connectivity index is 2.18. The van der Waals surface area contributed by atoms with Crippen LogP contribution in [0.5, 0.6) is 0 Å². The lowest BCUT2D eigenvalue weighted by atomic mass is 9.62. The van der Waals surface area contributed by atoms with E-state index in [4.69, 9.17) is 0 Å². The maximum Gasteiger partial charge on any atom is 0.150 e. The molecule has 24 heavy (non-hydrogen) atoms. The number of rotatable bonds is 2. The van der Waals surface area contributed by atoms with Crippen LogP contribution in [-0.4, -0.2) is 12.2 Å². The third-order valence-electron chi connectivity index (χ3n) is 5.64. The number of carbonyl (C=O) groups excluding carboxylic acids is 2. The van der Waals surface area contributed by atoms with Crippen LogP contribution < -0.4 is 0 Å². The highest BCUT2D eigenvalue weighted by molar-refractivity contribution is 5.94. The molecule has 0 heterocycles. The second-order valence-electron chi connectivity index (χ2n) is 8.22. The minimum atomic E-state index is 0.122. The summed E-state index contributed by atoms with van der Waals surface area (Å²) in [6.07, 6.45) is 7.08. The Morgan fingerprint density at radius 1 is 1.00 bits per heavy atom. The molecule has 2 aliphatic rings. The highest BCUT2D eigenvalue weighted by atomic mass is 16.1. The number of allylic oxidation sites excluding steroid dienone is 5. The van der Waals surface area contributed by atoms with Gasteiger partial charge in [0, 0.05) is 17.6 Å². The van der Waals surface area contributed by atoms with E-state index in [2.05, 4.69) is 45.9 Å². The van der Waals surface area contributed by atoms with Crippen LogP contribution in [0.2, 0.25) is 0 Å². The maximum absolute atomic E-state index is 11.4. The molecule has 1 aromatic rings. The van der Waals surface area contributed by atoms with E-state index in [9.17, 15) is 9.59 Å². The minimum Gasteiger partial charge on any atom is -0.298 e. The fraction of sp³-hybridized carbons (Fsp3) is 0.409. The van der Waals surface area contributed by atoms with Crippen LogP contribution in [0, 0.1) is 0 Å². The third-order valence-corrected chi connectivity index (χ3v) is 5.64. The van der Waals surface area contributed by atoms with Gasteiger partial charge in [0.2, 0.25) is 0 Å². The molecular weight excluding hydrogens is 296 g/mol. The Bertz CT molecular complexity index is 812. The molecule has 0 aromatic heterocycles. The van der Waals surface area contributed by atoms with Crippen LogP contribution in [-0.2, 0) is 20.4 Å². The van der Waals surface area contributed by atoms with Crippen molar-refractivity contribution in [1.29, 1.82) is 0 Å². The largest absolute Gasteiger partial charge is 0.298 e. The molecule has 0 N–H and O–H groups in total. The third kappa shape index (κ3) is 2.72. The first-order valence-corrected chi connectivity index (χ1v) is 8.54. The van der Waals surface area contributed by atoms with Crippen molar-refractivity contribution in [2.75, 3.05) is 0 Å². The minimum absolute atomic E-state index is 0.122. The van der Waals surface area contributed by atoms with Gasteiger partial charge >= 0.3 is 0 Å². The summed E-state index contributed by atoms with van der Waals surface area (Å²) in [4.78, 5) is 22.5. The average molecular weight is 320 g/mol. The summed E-state index contributed by atoms with van der Waals surface area (Å²) < 4.78 is 0. The molecule has 2 heteroatoms. The molecule has 2 nitrogen and oxygen atoms in total. The van der Waals surface area contributed by atoms with Gasteiger partial charge < -0.3 is 0 Å². The summed E-state index contributed by atoms with van der Waals surface area (Å²) >= 11 is 0. The maximum atomic E-state index is 11.4. The summed E-state index contributed by atoms with van der Waals surface area (Å²) in [5.41, 5.74) is 6.26. The van der Waals surface area contributed by atoms with E-state index >= 15 is 0 Å². The Morgan fingerprint density at radius 2 is 1.67 bits per heavy atom. The van der Waals surface area contributed by atoms with E-state index in [1.54, 1.807) is 12.2 Å². The van der Waals surface area contributed by atoms with E-state index in [-0.39, 0.29) is 10.8 Å². The molecular formula is C22H24O2. The smallest absolute Gasteiger partial charge is 0.150 e. The summed E-state index contributed by atoms with van der Waals surface area (Å²) in [5.74, 6) is 1.97. The molecule has 1 aromatic carbocycles. The van der Waals surface area contributed by atoms with E-state index in [1.165, 1.54) is 17.5 Å². The zero-order chi connectivity index (χ0) is 17.5. The molecule has 0 bridgehead atoms. The van der Waals surface area contributed by atoms with Gasteiger partial charge in [0.1, 0.15) is 12.2 Å². The molecule has 0 unspecified atom stereocenters. The van der Waals surface area contributed by atoms with Crippen molar-refractivity contribution in [2.45, 2.75) is 57.8 Å². The quantitative estimate of drug-likeness (QED) is 0.584. The molecule has 0 saturated heterocycles. The lowest BCUT2D eigenvalue weighted by Crippen LogP contribution is -2.33. The Labute approximate surface area is 144 Å². The number of fused-ring (bicyclic) bond motifs is 1. The summed E-state index contributed by atoms with van der Waals surface area (Å²) in [5, 5.41) is 0. The second kappa shape index (κ2) is 5.72. The fourth-order valence-electron chi connectivity index (χ4n) is 3.87. The Kier molecular flexibility index (Phi) is 3.97. The SMILES string of the molecule is CC1(C)CCC(C)(C)c2cc(C3=C(C=O)C=CC(=C=O)C3)ccc21.